The van der Waals surface area contributed by atoms with Gasteiger partial charge in [-0.15, -0.1) is 0 Å². The Morgan fingerprint density at radius 1 is 0.696 bits per heavy atom. The van der Waals surface area contributed by atoms with E-state index in [2.05, 4.69) is 17.4 Å². The van der Waals surface area contributed by atoms with Crippen molar-refractivity contribution in [2.75, 3.05) is 32.8 Å². The molecule has 0 spiro atoms. The van der Waals surface area contributed by atoms with Crippen LogP contribution in [0.2, 0.25) is 0 Å². The Balaban J connectivity index is 0.00000529. The maximum atomic E-state index is 5.35. The van der Waals surface area contributed by atoms with Crippen molar-refractivity contribution < 1.29 is 6.16 Å². The summed E-state index contributed by atoms with van der Waals surface area (Å²) in [4.78, 5) is 0. The molecule has 0 amide bonds. The van der Waals surface area contributed by atoms with E-state index in [0.29, 0.717) is 0 Å². The van der Waals surface area contributed by atoms with E-state index in [-0.39, 0.29) is 1.43 Å². The lowest BCUT2D eigenvalue weighted by Crippen LogP contribution is -2.45. The van der Waals surface area contributed by atoms with Gasteiger partial charge in [0.1, 0.15) is 0 Å². The third kappa shape index (κ3) is 14.0. The van der Waals surface area contributed by atoms with E-state index in [9.17, 15) is 0 Å². The molecule has 1 aliphatic heterocycles. The second-order valence-corrected chi connectivity index (χ2v) is 7.10. The van der Waals surface area contributed by atoms with Gasteiger partial charge in [0.15, 0.2) is 0 Å². The second kappa shape index (κ2) is 16.7. The van der Waals surface area contributed by atoms with Gasteiger partial charge in [-0.05, 0) is 6.42 Å². The quantitative estimate of drug-likeness (QED) is 0.383. The molecular weight excluding hydrogens is 284 g/mol. The Bertz CT molecular complexity index is 236. The van der Waals surface area contributed by atoms with Gasteiger partial charge in [-0.2, -0.15) is 0 Å². The molecule has 3 nitrogen and oxygen atoms in total. The first-order chi connectivity index (χ1) is 11.4. The first-order valence-corrected chi connectivity index (χ1v) is 10.5. The summed E-state index contributed by atoms with van der Waals surface area (Å²) in [6, 6.07) is 0. The van der Waals surface area contributed by atoms with Crippen LogP contribution in [0.3, 0.4) is 0 Å². The van der Waals surface area contributed by atoms with E-state index < -0.39 is 0 Å². The van der Waals surface area contributed by atoms with Gasteiger partial charge < -0.3 is 4.74 Å². The normalized spacial score (nSPS) is 16.0. The van der Waals surface area contributed by atoms with Crippen molar-refractivity contribution >= 4 is 0 Å². The summed E-state index contributed by atoms with van der Waals surface area (Å²) in [6.07, 6.45) is 20.1. The molecule has 3 heteroatoms. The lowest BCUT2D eigenvalue weighted by atomic mass is 10.0. The Kier molecular flexibility index (Phi) is 15.2. The number of hydrogen-bond acceptors (Lipinski definition) is 3. The van der Waals surface area contributed by atoms with Crippen molar-refractivity contribution in [2.24, 2.45) is 0 Å². The Hall–Kier alpha value is -0.120. The van der Waals surface area contributed by atoms with Crippen molar-refractivity contribution in [1.29, 1.82) is 0 Å². The molecule has 1 saturated heterocycles. The van der Waals surface area contributed by atoms with E-state index in [1.54, 1.807) is 0 Å². The van der Waals surface area contributed by atoms with Crippen molar-refractivity contribution in [3.63, 3.8) is 0 Å². The van der Waals surface area contributed by atoms with E-state index in [1.807, 2.05) is 0 Å². The molecule has 0 atom stereocenters. The van der Waals surface area contributed by atoms with Crippen LogP contribution in [0.4, 0.5) is 0 Å². The molecule has 1 rings (SSSR count). The van der Waals surface area contributed by atoms with Gasteiger partial charge in [0.25, 0.3) is 0 Å². The summed E-state index contributed by atoms with van der Waals surface area (Å²) in [5, 5.41) is 2.31. The van der Waals surface area contributed by atoms with E-state index in [0.717, 1.165) is 32.8 Å². The lowest BCUT2D eigenvalue weighted by Gasteiger charge is -2.27. The maximum absolute atomic E-state index is 5.35. The molecule has 0 unspecified atom stereocenters. The first-order valence-electron chi connectivity index (χ1n) is 10.5. The smallest absolute Gasteiger partial charge is 0.379 e. The van der Waals surface area contributed by atoms with Crippen LogP contribution in [0.1, 0.15) is 98.2 Å². The predicted molar refractivity (Wildman–Crippen MR) is 102 cm³/mol. The highest BCUT2D eigenvalue weighted by atomic mass is 16.5. The standard InChI is InChI=1S/C20H42N2O/c1-2-3-4-5-6-7-8-9-10-11-12-13-14-15-16-21-22-17-19-23-20-18-22/h21H,2-20H2,1H3/p+1. The predicted octanol–water partition coefficient (Wildman–Crippen LogP) is 5.42. The summed E-state index contributed by atoms with van der Waals surface area (Å²) < 4.78 is 5.35. The van der Waals surface area contributed by atoms with Gasteiger partial charge in [0.05, 0.1) is 13.2 Å². The Labute approximate surface area is 147 Å². The number of morpholine rings is 1. The number of nitrogens with zero attached hydrogens (tertiary/aromatic N) is 1. The zero-order chi connectivity index (χ0) is 16.4. The second-order valence-electron chi connectivity index (χ2n) is 7.10. The molecule has 1 aliphatic rings. The molecule has 1 N–H and O–H groups in total. The van der Waals surface area contributed by atoms with Crippen LogP contribution in [0.25, 0.3) is 0 Å². The van der Waals surface area contributed by atoms with Crippen molar-refractivity contribution in [2.45, 2.75) is 96.8 Å². The number of hydrogen-bond donors (Lipinski definition) is 1. The molecule has 1 heterocycles. The molecule has 0 radical (unpaired) electrons. The average Bonchev–Trinajstić information content (AvgIpc) is 2.59. The van der Waals surface area contributed by atoms with Crippen LogP contribution < -0.4 is 5.43 Å². The Morgan fingerprint density at radius 3 is 1.61 bits per heavy atom. The van der Waals surface area contributed by atoms with Crippen LogP contribution in [-0.4, -0.2) is 37.9 Å². The number of ether oxygens (including phenoxy) is 1. The molecule has 0 aromatic carbocycles. The highest BCUT2D eigenvalue weighted by Gasteiger charge is 2.08. The van der Waals surface area contributed by atoms with Gasteiger partial charge >= 0.3 is 1.43 Å². The van der Waals surface area contributed by atoms with Crippen molar-refractivity contribution in [3.05, 3.63) is 0 Å². The number of hydrazine groups is 1. The average molecular weight is 328 g/mol. The summed E-state index contributed by atoms with van der Waals surface area (Å²) in [5.74, 6) is 0. The summed E-state index contributed by atoms with van der Waals surface area (Å²) >= 11 is 0. The van der Waals surface area contributed by atoms with E-state index in [4.69, 9.17) is 4.74 Å². The fourth-order valence-corrected chi connectivity index (χ4v) is 3.28. The molecular formula is C20H43N2O+. The largest absolute Gasteiger partial charge is 1.00 e. The molecule has 0 aromatic heterocycles. The van der Waals surface area contributed by atoms with Crippen LogP contribution >= 0.6 is 0 Å². The minimum Gasteiger partial charge on any atom is -0.379 e. The molecule has 0 bridgehead atoms. The lowest BCUT2D eigenvalue weighted by molar-refractivity contribution is 0.0118. The number of unbranched alkanes of at least 4 members (excludes halogenated alkanes) is 13. The fourth-order valence-electron chi connectivity index (χ4n) is 3.28. The first kappa shape index (κ1) is 20.9. The summed E-state index contributed by atoms with van der Waals surface area (Å²) in [5.41, 5.74) is 3.52. The molecule has 0 aromatic rings. The minimum absolute atomic E-state index is 0. The molecule has 1 fully saturated rings. The maximum Gasteiger partial charge on any atom is 1.00 e. The van der Waals surface area contributed by atoms with Crippen LogP contribution in [0.5, 0.6) is 0 Å². The monoisotopic (exact) mass is 327 g/mol. The van der Waals surface area contributed by atoms with Gasteiger partial charge in [-0.25, -0.2) is 5.01 Å². The fraction of sp³-hybridized carbons (Fsp3) is 1.00. The molecule has 138 valence electrons. The summed E-state index contributed by atoms with van der Waals surface area (Å²) in [7, 11) is 0. The van der Waals surface area contributed by atoms with Crippen molar-refractivity contribution in [1.82, 2.24) is 10.4 Å². The third-order valence-corrected chi connectivity index (χ3v) is 4.88. The van der Waals surface area contributed by atoms with Gasteiger partial charge in [0.2, 0.25) is 0 Å². The zero-order valence-corrected chi connectivity index (χ0v) is 15.8. The van der Waals surface area contributed by atoms with Crippen LogP contribution in [0.15, 0.2) is 0 Å². The number of nitrogens with one attached hydrogen (secondary N) is 1. The van der Waals surface area contributed by atoms with Gasteiger partial charge in [-0.1, -0.05) is 90.4 Å². The molecule has 23 heavy (non-hydrogen) atoms. The van der Waals surface area contributed by atoms with Crippen molar-refractivity contribution in [3.8, 4) is 0 Å². The SMILES string of the molecule is CCCCCCCCCCCCCCCCNN1CCOCC1.[H+]. The topological polar surface area (TPSA) is 24.5 Å². The number of rotatable bonds is 16. The van der Waals surface area contributed by atoms with Gasteiger partial charge in [0, 0.05) is 19.6 Å². The zero-order valence-electron chi connectivity index (χ0n) is 16.8. The minimum atomic E-state index is 0. The highest BCUT2D eigenvalue weighted by molar-refractivity contribution is 4.57. The van der Waals surface area contributed by atoms with E-state index in [1.165, 1.54) is 89.9 Å². The van der Waals surface area contributed by atoms with Gasteiger partial charge in [-0.3, -0.25) is 5.43 Å². The van der Waals surface area contributed by atoms with Crippen LogP contribution in [0, 0.1) is 0 Å². The molecule has 0 saturated carbocycles. The molecule has 0 aliphatic carbocycles. The highest BCUT2D eigenvalue weighted by Crippen LogP contribution is 2.12. The van der Waals surface area contributed by atoms with Crippen LogP contribution in [-0.2, 0) is 4.74 Å². The summed E-state index contributed by atoms with van der Waals surface area (Å²) in [6.45, 7) is 7.27. The third-order valence-electron chi connectivity index (χ3n) is 4.88. The van der Waals surface area contributed by atoms with E-state index >= 15 is 0 Å². The Morgan fingerprint density at radius 2 is 1.13 bits per heavy atom.